The van der Waals surface area contributed by atoms with Gasteiger partial charge < -0.3 is 10.4 Å². The van der Waals surface area contributed by atoms with Crippen LogP contribution < -0.4 is 5.32 Å². The Hall–Kier alpha value is -1.46. The Morgan fingerprint density at radius 2 is 2.25 bits per heavy atom. The second-order valence-corrected chi connectivity index (χ2v) is 6.46. The summed E-state index contributed by atoms with van der Waals surface area (Å²) < 4.78 is 1.20. The molecule has 2 atom stereocenters. The number of rotatable bonds is 5. The van der Waals surface area contributed by atoms with E-state index in [0.717, 1.165) is 42.9 Å². The molecular weight excluding hydrogens is 272 g/mol. The Labute approximate surface area is 121 Å². The zero-order valence-electron chi connectivity index (χ0n) is 11.2. The van der Waals surface area contributed by atoms with E-state index in [2.05, 4.69) is 16.4 Å². The normalized spacial score (nSPS) is 22.4. The summed E-state index contributed by atoms with van der Waals surface area (Å²) in [5.74, 6) is -0.547. The summed E-state index contributed by atoms with van der Waals surface area (Å²) in [5, 5.41) is 13.6. The molecular formula is C15H18N2O2S. The lowest BCUT2D eigenvalue weighted by atomic mass is 9.96. The van der Waals surface area contributed by atoms with E-state index in [1.165, 1.54) is 4.70 Å². The number of hydrogen-bond acceptors (Lipinski definition) is 4. The summed E-state index contributed by atoms with van der Waals surface area (Å²) in [7, 11) is 0. The third-order valence-corrected chi connectivity index (χ3v) is 5.03. The van der Waals surface area contributed by atoms with Gasteiger partial charge in [0.15, 0.2) is 0 Å². The summed E-state index contributed by atoms with van der Waals surface area (Å²) in [6.07, 6.45) is 2.87. The highest BCUT2D eigenvalue weighted by atomic mass is 32.1. The summed E-state index contributed by atoms with van der Waals surface area (Å²) in [6, 6.07) is 8.11. The van der Waals surface area contributed by atoms with Gasteiger partial charge in [0.1, 0.15) is 5.01 Å². The molecule has 3 rings (SSSR count). The first-order valence-corrected chi connectivity index (χ1v) is 7.83. The van der Waals surface area contributed by atoms with Gasteiger partial charge in [-0.1, -0.05) is 18.6 Å². The molecule has 1 aliphatic rings. The number of aliphatic carboxylic acids is 1. The molecule has 1 aromatic heterocycles. The van der Waals surface area contributed by atoms with Crippen molar-refractivity contribution in [1.82, 2.24) is 10.3 Å². The molecule has 1 saturated carbocycles. The lowest BCUT2D eigenvalue weighted by molar-refractivity contribution is -0.142. The molecule has 0 radical (unpaired) electrons. The fourth-order valence-electron chi connectivity index (χ4n) is 2.97. The Kier molecular flexibility index (Phi) is 3.98. The lowest BCUT2D eigenvalue weighted by Crippen LogP contribution is -2.28. The number of fused-ring (bicyclic) bond motifs is 1. The van der Waals surface area contributed by atoms with Crippen LogP contribution in [0.1, 0.15) is 24.3 Å². The molecule has 2 aromatic rings. The third-order valence-electron chi connectivity index (χ3n) is 4.00. The van der Waals surface area contributed by atoms with Crippen LogP contribution >= 0.6 is 11.3 Å². The van der Waals surface area contributed by atoms with Crippen LogP contribution in [0.25, 0.3) is 10.2 Å². The van der Waals surface area contributed by atoms with Gasteiger partial charge in [-0.25, -0.2) is 4.98 Å². The van der Waals surface area contributed by atoms with Crippen molar-refractivity contribution in [3.8, 4) is 0 Å². The molecule has 1 aliphatic carbocycles. The number of carbonyl (C=O) groups is 1. The zero-order chi connectivity index (χ0) is 13.9. The van der Waals surface area contributed by atoms with Gasteiger partial charge in [-0.3, -0.25) is 4.79 Å². The van der Waals surface area contributed by atoms with Gasteiger partial charge in [-0.2, -0.15) is 0 Å². The predicted octanol–water partition coefficient (Wildman–Crippen LogP) is 2.89. The molecule has 5 heteroatoms. The van der Waals surface area contributed by atoms with Gasteiger partial charge in [0.2, 0.25) is 0 Å². The number of thiazole rings is 1. The van der Waals surface area contributed by atoms with Crippen molar-refractivity contribution < 1.29 is 9.90 Å². The van der Waals surface area contributed by atoms with E-state index in [4.69, 9.17) is 5.11 Å². The monoisotopic (exact) mass is 290 g/mol. The number of para-hydroxylation sites is 1. The SMILES string of the molecule is O=C(O)C1CCCC1CNCc1nc2ccccc2s1. The van der Waals surface area contributed by atoms with Crippen molar-refractivity contribution in [2.75, 3.05) is 6.54 Å². The highest BCUT2D eigenvalue weighted by Gasteiger charge is 2.32. The van der Waals surface area contributed by atoms with Crippen LogP contribution in [-0.4, -0.2) is 22.6 Å². The minimum absolute atomic E-state index is 0.169. The first kappa shape index (κ1) is 13.5. The number of carboxylic acids is 1. The van der Waals surface area contributed by atoms with Crippen molar-refractivity contribution in [2.24, 2.45) is 11.8 Å². The van der Waals surface area contributed by atoms with Gasteiger partial charge >= 0.3 is 5.97 Å². The van der Waals surface area contributed by atoms with E-state index >= 15 is 0 Å². The number of benzene rings is 1. The van der Waals surface area contributed by atoms with Crippen molar-refractivity contribution in [2.45, 2.75) is 25.8 Å². The molecule has 1 aromatic carbocycles. The average Bonchev–Trinajstić information content (AvgIpc) is 3.04. The number of carboxylic acid groups (broad SMARTS) is 1. The lowest BCUT2D eigenvalue weighted by Gasteiger charge is -2.15. The molecule has 0 amide bonds. The molecule has 2 unspecified atom stereocenters. The van der Waals surface area contributed by atoms with Crippen LogP contribution in [0.4, 0.5) is 0 Å². The second kappa shape index (κ2) is 5.89. The van der Waals surface area contributed by atoms with E-state index < -0.39 is 5.97 Å². The van der Waals surface area contributed by atoms with Gasteiger partial charge in [-0.05, 0) is 37.4 Å². The largest absolute Gasteiger partial charge is 0.481 e. The maximum Gasteiger partial charge on any atom is 0.306 e. The third kappa shape index (κ3) is 2.83. The quantitative estimate of drug-likeness (QED) is 0.889. The molecule has 1 fully saturated rings. The first-order chi connectivity index (χ1) is 9.74. The van der Waals surface area contributed by atoms with Crippen LogP contribution in [0.5, 0.6) is 0 Å². The maximum atomic E-state index is 11.1. The van der Waals surface area contributed by atoms with E-state index in [9.17, 15) is 4.79 Å². The van der Waals surface area contributed by atoms with Crippen molar-refractivity contribution in [3.05, 3.63) is 29.3 Å². The summed E-state index contributed by atoms with van der Waals surface area (Å²) in [5.41, 5.74) is 1.04. The number of hydrogen-bond donors (Lipinski definition) is 2. The van der Waals surface area contributed by atoms with Crippen LogP contribution in [0.2, 0.25) is 0 Å². The van der Waals surface area contributed by atoms with Crippen LogP contribution in [0.3, 0.4) is 0 Å². The number of nitrogens with zero attached hydrogens (tertiary/aromatic N) is 1. The molecule has 106 valence electrons. The standard InChI is InChI=1S/C15H18N2O2S/c18-15(19)11-5-3-4-10(11)8-16-9-14-17-12-6-1-2-7-13(12)20-14/h1-2,6-7,10-11,16H,3-5,8-9H2,(H,18,19). The van der Waals surface area contributed by atoms with Gasteiger partial charge in [0, 0.05) is 6.54 Å². The predicted molar refractivity (Wildman–Crippen MR) is 79.8 cm³/mol. The van der Waals surface area contributed by atoms with E-state index in [1.54, 1.807) is 11.3 Å². The van der Waals surface area contributed by atoms with E-state index in [-0.39, 0.29) is 11.8 Å². The molecule has 0 saturated heterocycles. The maximum absolute atomic E-state index is 11.1. The highest BCUT2D eigenvalue weighted by Crippen LogP contribution is 2.31. The van der Waals surface area contributed by atoms with Crippen LogP contribution in [0, 0.1) is 11.8 Å². The Bertz CT molecular complexity index is 578. The van der Waals surface area contributed by atoms with E-state index in [1.807, 2.05) is 18.2 Å². The fourth-order valence-corrected chi connectivity index (χ4v) is 3.90. The topological polar surface area (TPSA) is 62.2 Å². The summed E-state index contributed by atoms with van der Waals surface area (Å²) in [4.78, 5) is 15.7. The number of nitrogens with one attached hydrogen (secondary N) is 1. The Morgan fingerprint density at radius 1 is 1.40 bits per heavy atom. The molecule has 0 aliphatic heterocycles. The first-order valence-electron chi connectivity index (χ1n) is 7.02. The molecule has 4 nitrogen and oxygen atoms in total. The molecule has 0 spiro atoms. The zero-order valence-corrected chi connectivity index (χ0v) is 12.0. The molecule has 2 N–H and O–H groups in total. The van der Waals surface area contributed by atoms with Gasteiger partial charge in [-0.15, -0.1) is 11.3 Å². The smallest absolute Gasteiger partial charge is 0.306 e. The molecule has 1 heterocycles. The van der Waals surface area contributed by atoms with Crippen molar-refractivity contribution >= 4 is 27.5 Å². The van der Waals surface area contributed by atoms with Crippen molar-refractivity contribution in [1.29, 1.82) is 0 Å². The van der Waals surface area contributed by atoms with E-state index in [0.29, 0.717) is 0 Å². The number of aromatic nitrogens is 1. The van der Waals surface area contributed by atoms with Gasteiger partial charge in [0.05, 0.1) is 16.1 Å². The summed E-state index contributed by atoms with van der Waals surface area (Å²) >= 11 is 1.70. The molecule has 20 heavy (non-hydrogen) atoms. The minimum atomic E-state index is -0.644. The van der Waals surface area contributed by atoms with Crippen LogP contribution in [0.15, 0.2) is 24.3 Å². The second-order valence-electron chi connectivity index (χ2n) is 5.34. The molecule has 0 bridgehead atoms. The van der Waals surface area contributed by atoms with Gasteiger partial charge in [0.25, 0.3) is 0 Å². The van der Waals surface area contributed by atoms with Crippen LogP contribution in [-0.2, 0) is 11.3 Å². The fraction of sp³-hybridized carbons (Fsp3) is 0.467. The van der Waals surface area contributed by atoms with Crippen molar-refractivity contribution in [3.63, 3.8) is 0 Å². The average molecular weight is 290 g/mol. The summed E-state index contributed by atoms with van der Waals surface area (Å²) in [6.45, 7) is 1.50. The Balaban J connectivity index is 1.56. The Morgan fingerprint density at radius 3 is 3.05 bits per heavy atom. The minimum Gasteiger partial charge on any atom is -0.481 e. The highest BCUT2D eigenvalue weighted by molar-refractivity contribution is 7.18.